The minimum atomic E-state index is 0.271. The Morgan fingerprint density at radius 1 is 1.05 bits per heavy atom. The van der Waals surface area contributed by atoms with Crippen LogP contribution in [0.5, 0.6) is 0 Å². The number of thioether (sulfide) groups is 1. The average Bonchev–Trinajstić information content (AvgIpc) is 3.00. The van der Waals surface area contributed by atoms with Crippen LogP contribution in [0.25, 0.3) is 0 Å². The molecule has 2 heterocycles. The maximum Gasteiger partial charge on any atom is 0.0580 e. The monoisotopic (exact) mass is 270 g/mol. The Bertz CT molecular complexity index is 455. The van der Waals surface area contributed by atoms with Crippen molar-refractivity contribution in [3.63, 3.8) is 0 Å². The number of nitrogens with zero attached hydrogens (tertiary/aromatic N) is 1. The van der Waals surface area contributed by atoms with Crippen LogP contribution < -0.4 is 5.32 Å². The summed E-state index contributed by atoms with van der Waals surface area (Å²) in [5, 5.41) is 3.80. The standard InChI is InChI=1S/C16H18N2S/c1-2-4-13(5-3-1)16(14-6-9-17-10-7-14)18-15-8-11-19-12-15/h1-7,9-10,15-16,18H,8,11-12H2. The van der Waals surface area contributed by atoms with Gasteiger partial charge in [-0.3, -0.25) is 4.98 Å². The summed E-state index contributed by atoms with van der Waals surface area (Å²) in [5.41, 5.74) is 2.61. The summed E-state index contributed by atoms with van der Waals surface area (Å²) in [6.07, 6.45) is 5.01. The van der Waals surface area contributed by atoms with Gasteiger partial charge in [0, 0.05) is 24.2 Å². The Kier molecular flexibility index (Phi) is 4.16. The molecule has 2 unspecified atom stereocenters. The normalized spacial score (nSPS) is 20.3. The quantitative estimate of drug-likeness (QED) is 0.923. The molecule has 0 radical (unpaired) electrons. The number of pyridine rings is 1. The van der Waals surface area contributed by atoms with Gasteiger partial charge in [-0.2, -0.15) is 11.8 Å². The van der Waals surface area contributed by atoms with Crippen molar-refractivity contribution < 1.29 is 0 Å². The lowest BCUT2D eigenvalue weighted by molar-refractivity contribution is 0.506. The Labute approximate surface area is 118 Å². The van der Waals surface area contributed by atoms with Crippen molar-refractivity contribution >= 4 is 11.8 Å². The zero-order valence-electron chi connectivity index (χ0n) is 10.8. The molecule has 1 fully saturated rings. The lowest BCUT2D eigenvalue weighted by Crippen LogP contribution is -2.33. The maximum atomic E-state index is 4.12. The second-order valence-corrected chi connectivity index (χ2v) is 6.00. The van der Waals surface area contributed by atoms with Crippen LogP contribution in [0.15, 0.2) is 54.9 Å². The van der Waals surface area contributed by atoms with E-state index in [1.807, 2.05) is 24.2 Å². The van der Waals surface area contributed by atoms with Crippen molar-refractivity contribution in [3.8, 4) is 0 Å². The van der Waals surface area contributed by atoms with Gasteiger partial charge >= 0.3 is 0 Å². The molecular formula is C16H18N2S. The SMILES string of the molecule is c1ccc(C(NC2CCSC2)c2ccncc2)cc1. The van der Waals surface area contributed by atoms with Crippen molar-refractivity contribution in [2.45, 2.75) is 18.5 Å². The second-order valence-electron chi connectivity index (χ2n) is 4.85. The average molecular weight is 270 g/mol. The van der Waals surface area contributed by atoms with E-state index in [0.29, 0.717) is 6.04 Å². The molecule has 19 heavy (non-hydrogen) atoms. The van der Waals surface area contributed by atoms with Crippen LogP contribution in [0.4, 0.5) is 0 Å². The lowest BCUT2D eigenvalue weighted by atomic mass is 9.98. The zero-order chi connectivity index (χ0) is 12.9. The van der Waals surface area contributed by atoms with Crippen LogP contribution in [0.1, 0.15) is 23.6 Å². The van der Waals surface area contributed by atoms with Crippen molar-refractivity contribution in [1.82, 2.24) is 10.3 Å². The van der Waals surface area contributed by atoms with Crippen molar-refractivity contribution in [1.29, 1.82) is 0 Å². The molecule has 1 saturated heterocycles. The van der Waals surface area contributed by atoms with Gasteiger partial charge < -0.3 is 5.32 Å². The van der Waals surface area contributed by atoms with Crippen LogP contribution in [-0.2, 0) is 0 Å². The molecule has 2 aromatic rings. The molecule has 98 valence electrons. The molecule has 2 atom stereocenters. The van der Waals surface area contributed by atoms with Gasteiger partial charge in [-0.15, -0.1) is 0 Å². The molecule has 1 N–H and O–H groups in total. The summed E-state index contributed by atoms with van der Waals surface area (Å²) in [6.45, 7) is 0. The van der Waals surface area contributed by atoms with E-state index in [4.69, 9.17) is 0 Å². The van der Waals surface area contributed by atoms with Gasteiger partial charge in [-0.25, -0.2) is 0 Å². The molecule has 0 amide bonds. The highest BCUT2D eigenvalue weighted by atomic mass is 32.2. The number of aromatic nitrogens is 1. The summed E-state index contributed by atoms with van der Waals surface area (Å²) < 4.78 is 0. The third kappa shape index (κ3) is 3.17. The fourth-order valence-electron chi connectivity index (χ4n) is 2.49. The van der Waals surface area contributed by atoms with Crippen molar-refractivity contribution in [2.75, 3.05) is 11.5 Å². The van der Waals surface area contributed by atoms with Crippen LogP contribution in [-0.4, -0.2) is 22.5 Å². The van der Waals surface area contributed by atoms with Gasteiger partial charge in [-0.05, 0) is 35.4 Å². The predicted octanol–water partition coefficient (Wildman–Crippen LogP) is 3.27. The fourth-order valence-corrected chi connectivity index (χ4v) is 3.65. The molecule has 0 saturated carbocycles. The zero-order valence-corrected chi connectivity index (χ0v) is 11.6. The summed E-state index contributed by atoms with van der Waals surface area (Å²) >= 11 is 2.04. The van der Waals surface area contributed by atoms with Gasteiger partial charge in [0.05, 0.1) is 6.04 Å². The first-order chi connectivity index (χ1) is 9.43. The molecule has 0 aliphatic carbocycles. The number of rotatable bonds is 4. The first kappa shape index (κ1) is 12.7. The third-order valence-corrected chi connectivity index (χ3v) is 4.67. The Morgan fingerprint density at radius 3 is 2.47 bits per heavy atom. The first-order valence-electron chi connectivity index (χ1n) is 6.72. The van der Waals surface area contributed by atoms with E-state index in [1.165, 1.54) is 29.1 Å². The molecule has 3 rings (SSSR count). The molecule has 0 spiro atoms. The molecule has 3 heteroatoms. The molecule has 1 aliphatic rings. The van der Waals surface area contributed by atoms with Crippen molar-refractivity contribution in [3.05, 3.63) is 66.0 Å². The van der Waals surface area contributed by atoms with Crippen LogP contribution in [0.2, 0.25) is 0 Å². The molecule has 1 aromatic heterocycles. The summed E-state index contributed by atoms with van der Waals surface area (Å²) in [7, 11) is 0. The maximum absolute atomic E-state index is 4.12. The van der Waals surface area contributed by atoms with E-state index in [2.05, 4.69) is 52.8 Å². The minimum Gasteiger partial charge on any atom is -0.303 e. The van der Waals surface area contributed by atoms with Gasteiger partial charge in [0.1, 0.15) is 0 Å². The van der Waals surface area contributed by atoms with E-state index < -0.39 is 0 Å². The minimum absolute atomic E-state index is 0.271. The number of nitrogens with one attached hydrogen (secondary N) is 1. The topological polar surface area (TPSA) is 24.9 Å². The van der Waals surface area contributed by atoms with Gasteiger partial charge in [0.2, 0.25) is 0 Å². The number of hydrogen-bond donors (Lipinski definition) is 1. The Balaban J connectivity index is 1.87. The summed E-state index contributed by atoms with van der Waals surface area (Å²) in [6, 6.07) is 15.8. The number of benzene rings is 1. The Morgan fingerprint density at radius 2 is 1.79 bits per heavy atom. The van der Waals surface area contributed by atoms with E-state index >= 15 is 0 Å². The predicted molar refractivity (Wildman–Crippen MR) is 81.4 cm³/mol. The van der Waals surface area contributed by atoms with E-state index in [9.17, 15) is 0 Å². The molecule has 1 aliphatic heterocycles. The van der Waals surface area contributed by atoms with Gasteiger partial charge in [-0.1, -0.05) is 30.3 Å². The summed E-state index contributed by atoms with van der Waals surface area (Å²) in [4.78, 5) is 4.12. The first-order valence-corrected chi connectivity index (χ1v) is 7.87. The number of hydrogen-bond acceptors (Lipinski definition) is 3. The Hall–Kier alpha value is -1.32. The van der Waals surface area contributed by atoms with Crippen molar-refractivity contribution in [2.24, 2.45) is 0 Å². The molecule has 2 nitrogen and oxygen atoms in total. The third-order valence-electron chi connectivity index (χ3n) is 3.50. The summed E-state index contributed by atoms with van der Waals surface area (Å²) in [5.74, 6) is 2.49. The fraction of sp³-hybridized carbons (Fsp3) is 0.312. The second kappa shape index (κ2) is 6.22. The van der Waals surface area contributed by atoms with Crippen LogP contribution in [0, 0.1) is 0 Å². The molecular weight excluding hydrogens is 252 g/mol. The van der Waals surface area contributed by atoms with Crippen LogP contribution in [0.3, 0.4) is 0 Å². The van der Waals surface area contributed by atoms with Gasteiger partial charge in [0.15, 0.2) is 0 Å². The largest absolute Gasteiger partial charge is 0.303 e. The van der Waals surface area contributed by atoms with E-state index in [1.54, 1.807) is 0 Å². The lowest BCUT2D eigenvalue weighted by Gasteiger charge is -2.23. The highest BCUT2D eigenvalue weighted by molar-refractivity contribution is 7.99. The smallest absolute Gasteiger partial charge is 0.0580 e. The van der Waals surface area contributed by atoms with Gasteiger partial charge in [0.25, 0.3) is 0 Å². The molecule has 1 aromatic carbocycles. The van der Waals surface area contributed by atoms with E-state index in [-0.39, 0.29) is 6.04 Å². The highest BCUT2D eigenvalue weighted by Crippen LogP contribution is 2.25. The highest BCUT2D eigenvalue weighted by Gasteiger charge is 2.21. The van der Waals surface area contributed by atoms with E-state index in [0.717, 1.165) is 0 Å². The molecule has 0 bridgehead atoms. The van der Waals surface area contributed by atoms with Crippen LogP contribution >= 0.6 is 11.8 Å².